The van der Waals surface area contributed by atoms with Crippen LogP contribution in [0.2, 0.25) is 0 Å². The number of imidazole rings is 1. The lowest BCUT2D eigenvalue weighted by Crippen LogP contribution is -2.04. The smallest absolute Gasteiger partial charge is 0.153 e. The number of fused-ring (bicyclic) bond motifs is 1. The van der Waals surface area contributed by atoms with Gasteiger partial charge in [-0.1, -0.05) is 50.2 Å². The van der Waals surface area contributed by atoms with Gasteiger partial charge in [0.2, 0.25) is 0 Å². The molecule has 2 aromatic carbocycles. The van der Waals surface area contributed by atoms with E-state index in [4.69, 9.17) is 11.5 Å². The molecule has 8 heteroatoms. The van der Waals surface area contributed by atoms with Crippen molar-refractivity contribution in [2.24, 2.45) is 10.7 Å². The number of thioether (sulfide) groups is 1. The number of pyridine rings is 1. The van der Waals surface area contributed by atoms with Crippen LogP contribution >= 0.6 is 11.8 Å². The lowest BCUT2D eigenvalue weighted by Gasteiger charge is -2.06. The van der Waals surface area contributed by atoms with Crippen LogP contribution in [0.3, 0.4) is 0 Å². The van der Waals surface area contributed by atoms with E-state index in [0.717, 1.165) is 29.0 Å². The van der Waals surface area contributed by atoms with Gasteiger partial charge in [-0.15, -0.1) is 11.8 Å². The zero-order valence-corrected chi connectivity index (χ0v) is 20.7. The van der Waals surface area contributed by atoms with E-state index in [1.807, 2.05) is 63.4 Å². The van der Waals surface area contributed by atoms with Crippen molar-refractivity contribution in [2.45, 2.75) is 25.3 Å². The molecule has 0 aliphatic heterocycles. The van der Waals surface area contributed by atoms with Crippen molar-refractivity contribution in [1.82, 2.24) is 14.7 Å². The summed E-state index contributed by atoms with van der Waals surface area (Å²) >= 11 is 1.58. The Bertz CT molecular complexity index is 1210. The number of nitrogens with zero attached hydrogens (tertiary/aromatic N) is 3. The van der Waals surface area contributed by atoms with E-state index >= 15 is 0 Å². The molecule has 0 amide bonds. The van der Waals surface area contributed by atoms with E-state index in [1.165, 1.54) is 5.56 Å². The van der Waals surface area contributed by atoms with E-state index in [1.54, 1.807) is 34.5 Å². The highest BCUT2D eigenvalue weighted by Crippen LogP contribution is 2.29. The molecule has 34 heavy (non-hydrogen) atoms. The normalized spacial score (nSPS) is 10.0. The van der Waals surface area contributed by atoms with Gasteiger partial charge >= 0.3 is 0 Å². The summed E-state index contributed by atoms with van der Waals surface area (Å²) in [6.07, 6.45) is 2.59. The second-order valence-corrected chi connectivity index (χ2v) is 7.85. The van der Waals surface area contributed by atoms with E-state index in [0.29, 0.717) is 28.6 Å². The highest BCUT2D eigenvalue weighted by molar-refractivity contribution is 7.99. The van der Waals surface area contributed by atoms with Crippen LogP contribution in [0.4, 0.5) is 11.5 Å². The molecule has 0 bridgehead atoms. The fourth-order valence-corrected chi connectivity index (χ4v) is 3.91. The largest absolute Gasteiger partial charge is 0.383 e. The summed E-state index contributed by atoms with van der Waals surface area (Å²) in [6, 6.07) is 19.3. The standard InChI is InChI=1S/C14H11N3O.C10H15N3S.C2H6/c15-13-12(10-5-2-1-3-6-10)16-14-11(9-18)7-4-8-17(13)14;1-12-6-8-3-4-9(13-2)10(5-8)14-7-11;1-2/h1-9H,15H2;3-5,12H,2,6-7,11H2,1H3;1-2H3. The van der Waals surface area contributed by atoms with Gasteiger partial charge < -0.3 is 16.8 Å². The zero-order chi connectivity index (χ0) is 24.9. The third kappa shape index (κ3) is 6.54. The summed E-state index contributed by atoms with van der Waals surface area (Å²) in [6.45, 7) is 8.39. The van der Waals surface area contributed by atoms with Gasteiger partial charge in [-0.05, 0) is 43.6 Å². The molecule has 0 aliphatic carbocycles. The van der Waals surface area contributed by atoms with Crippen molar-refractivity contribution in [3.8, 4) is 11.3 Å². The molecule has 0 aliphatic rings. The number of aliphatic imine (C=N–C) groups is 1. The van der Waals surface area contributed by atoms with E-state index in [-0.39, 0.29) is 0 Å². The average Bonchev–Trinajstić information content (AvgIpc) is 3.23. The lowest BCUT2D eigenvalue weighted by atomic mass is 10.1. The molecule has 7 nitrogen and oxygen atoms in total. The first-order chi connectivity index (χ1) is 16.6. The molecule has 0 atom stereocenters. The average molecular weight is 477 g/mol. The number of nitrogens with two attached hydrogens (primary N) is 2. The molecule has 0 saturated carbocycles. The Hall–Kier alpha value is -3.46. The molecule has 0 saturated heterocycles. The highest BCUT2D eigenvalue weighted by Gasteiger charge is 2.12. The third-order valence-electron chi connectivity index (χ3n) is 4.71. The van der Waals surface area contributed by atoms with E-state index < -0.39 is 0 Å². The number of hydrogen-bond donors (Lipinski definition) is 3. The number of anilines is 1. The van der Waals surface area contributed by atoms with Gasteiger partial charge in [0.25, 0.3) is 0 Å². The van der Waals surface area contributed by atoms with Crippen molar-refractivity contribution < 1.29 is 4.79 Å². The summed E-state index contributed by atoms with van der Waals surface area (Å²) < 4.78 is 1.73. The van der Waals surface area contributed by atoms with Gasteiger partial charge in [-0.3, -0.25) is 14.2 Å². The number of aromatic nitrogens is 2. The SMILES string of the molecule is C=Nc1ccc(CNC)cc1SCN.CC.Nc1c(-c2ccccc2)nc2c(C=O)cccn12. The maximum absolute atomic E-state index is 11.0. The Labute approximate surface area is 205 Å². The van der Waals surface area contributed by atoms with Crippen molar-refractivity contribution in [3.63, 3.8) is 0 Å². The number of rotatable bonds is 7. The maximum Gasteiger partial charge on any atom is 0.153 e. The Morgan fingerprint density at radius 1 is 1.15 bits per heavy atom. The minimum atomic E-state index is 0.534. The van der Waals surface area contributed by atoms with Crippen molar-refractivity contribution in [1.29, 1.82) is 0 Å². The van der Waals surface area contributed by atoms with Crippen LogP contribution in [0.1, 0.15) is 29.8 Å². The maximum atomic E-state index is 11.0. The van der Waals surface area contributed by atoms with Crippen LogP contribution in [0.5, 0.6) is 0 Å². The van der Waals surface area contributed by atoms with Crippen LogP contribution < -0.4 is 16.8 Å². The number of hydrogen-bond acceptors (Lipinski definition) is 7. The molecule has 0 radical (unpaired) electrons. The number of nitrogens with one attached hydrogen (secondary N) is 1. The molecule has 4 rings (SSSR count). The quantitative estimate of drug-likeness (QED) is 0.147. The summed E-state index contributed by atoms with van der Waals surface area (Å²) in [7, 11) is 1.93. The van der Waals surface area contributed by atoms with Crippen LogP contribution in [-0.4, -0.2) is 35.3 Å². The van der Waals surface area contributed by atoms with Gasteiger partial charge in [0.05, 0.1) is 11.3 Å². The van der Waals surface area contributed by atoms with Gasteiger partial charge in [0, 0.05) is 29.1 Å². The van der Waals surface area contributed by atoms with Crippen molar-refractivity contribution in [3.05, 3.63) is 78.0 Å². The minimum absolute atomic E-state index is 0.534. The molecule has 0 spiro atoms. The monoisotopic (exact) mass is 476 g/mol. The molecular formula is C26H32N6OS. The first-order valence-corrected chi connectivity index (χ1v) is 12.0. The van der Waals surface area contributed by atoms with Gasteiger partial charge in [-0.2, -0.15) is 0 Å². The van der Waals surface area contributed by atoms with Crippen LogP contribution in [0, 0.1) is 0 Å². The van der Waals surface area contributed by atoms with Crippen molar-refractivity contribution in [2.75, 3.05) is 18.7 Å². The van der Waals surface area contributed by atoms with Crippen LogP contribution in [-0.2, 0) is 6.54 Å². The van der Waals surface area contributed by atoms with Crippen LogP contribution in [0.15, 0.2) is 76.7 Å². The first kappa shape index (κ1) is 26.8. The number of carbonyl (C=O) groups is 1. The topological polar surface area (TPSA) is 111 Å². The second kappa shape index (κ2) is 13.9. The van der Waals surface area contributed by atoms with Gasteiger partial charge in [0.15, 0.2) is 6.29 Å². The Balaban J connectivity index is 0.000000231. The van der Waals surface area contributed by atoms with Gasteiger partial charge in [-0.25, -0.2) is 4.98 Å². The molecule has 0 fully saturated rings. The fraction of sp³-hybridized carbons (Fsp3) is 0.192. The second-order valence-electron chi connectivity index (χ2n) is 6.79. The number of aldehydes is 1. The van der Waals surface area contributed by atoms with E-state index in [2.05, 4.69) is 28.1 Å². The Morgan fingerprint density at radius 2 is 1.88 bits per heavy atom. The molecule has 4 aromatic rings. The predicted octanol–water partition coefficient (Wildman–Crippen LogP) is 5.17. The van der Waals surface area contributed by atoms with Gasteiger partial charge in [0.1, 0.15) is 17.2 Å². The van der Waals surface area contributed by atoms with Crippen LogP contribution in [0.25, 0.3) is 16.9 Å². The Kier molecular flexibility index (Phi) is 11.0. The third-order valence-corrected chi connectivity index (χ3v) is 5.51. The molecule has 2 heterocycles. The molecule has 5 N–H and O–H groups in total. The minimum Gasteiger partial charge on any atom is -0.383 e. The highest BCUT2D eigenvalue weighted by atomic mass is 32.2. The number of nitrogen functional groups attached to an aromatic ring is 1. The van der Waals surface area contributed by atoms with E-state index in [9.17, 15) is 4.79 Å². The first-order valence-electron chi connectivity index (χ1n) is 11.0. The lowest BCUT2D eigenvalue weighted by molar-refractivity contribution is 0.112. The zero-order valence-electron chi connectivity index (χ0n) is 19.9. The molecular weight excluding hydrogens is 444 g/mol. The number of benzene rings is 2. The molecule has 0 unspecified atom stereocenters. The fourth-order valence-electron chi connectivity index (χ4n) is 3.22. The predicted molar refractivity (Wildman–Crippen MR) is 145 cm³/mol. The Morgan fingerprint density at radius 3 is 2.50 bits per heavy atom. The summed E-state index contributed by atoms with van der Waals surface area (Å²) in [5.41, 5.74) is 16.5. The summed E-state index contributed by atoms with van der Waals surface area (Å²) in [5.74, 6) is 1.10. The molecule has 178 valence electrons. The number of carbonyl (C=O) groups excluding carboxylic acids is 1. The summed E-state index contributed by atoms with van der Waals surface area (Å²) in [5, 5.41) is 3.10. The summed E-state index contributed by atoms with van der Waals surface area (Å²) in [4.78, 5) is 20.5. The van der Waals surface area contributed by atoms with Crippen molar-refractivity contribution >= 4 is 41.9 Å². The molecule has 2 aromatic heterocycles.